The normalized spacial score (nSPS) is 17.5. The van der Waals surface area contributed by atoms with Crippen molar-refractivity contribution in [3.63, 3.8) is 0 Å². The number of carbonyl (C=O) groups excluding carboxylic acids is 1. The fourth-order valence-corrected chi connectivity index (χ4v) is 2.51. The van der Waals surface area contributed by atoms with E-state index < -0.39 is 0 Å². The smallest absolute Gasteiger partial charge is 0.234 e. The molecular formula is C17H26N2O3. The van der Waals surface area contributed by atoms with Crippen molar-refractivity contribution in [3.8, 4) is 11.5 Å². The maximum absolute atomic E-state index is 11.7. The molecule has 0 aromatic heterocycles. The minimum absolute atomic E-state index is 0.0878. The van der Waals surface area contributed by atoms with Crippen LogP contribution < -0.4 is 14.8 Å². The molecule has 5 heteroatoms. The molecule has 22 heavy (non-hydrogen) atoms. The maximum atomic E-state index is 11.7. The standard InChI is InChI=1S/C17H26N2O3/c1-4-13(2)22-17-14(7-5-8-15(17)21-3)11-19-10-6-9-18-16(20)12-19/h5,7-8,13H,4,6,9-12H2,1-3H3,(H,18,20). The van der Waals surface area contributed by atoms with Crippen LogP contribution in [0.2, 0.25) is 0 Å². The topological polar surface area (TPSA) is 50.8 Å². The molecule has 2 rings (SSSR count). The van der Waals surface area contributed by atoms with Crippen molar-refractivity contribution in [2.45, 2.75) is 39.3 Å². The first kappa shape index (κ1) is 16.6. The summed E-state index contributed by atoms with van der Waals surface area (Å²) >= 11 is 0. The number of rotatable bonds is 6. The SMILES string of the molecule is CCC(C)Oc1c(CN2CCCNC(=O)C2)cccc1OC. The zero-order valence-electron chi connectivity index (χ0n) is 13.7. The molecule has 0 spiro atoms. The predicted octanol–water partition coefficient (Wildman–Crippen LogP) is 2.19. The van der Waals surface area contributed by atoms with Crippen LogP contribution in [0.5, 0.6) is 11.5 Å². The average molecular weight is 306 g/mol. The molecule has 1 aliphatic rings. The quantitative estimate of drug-likeness (QED) is 0.875. The molecule has 5 nitrogen and oxygen atoms in total. The number of benzene rings is 1. The van der Waals surface area contributed by atoms with Crippen LogP contribution in [-0.2, 0) is 11.3 Å². The molecule has 1 unspecified atom stereocenters. The largest absolute Gasteiger partial charge is 0.493 e. The van der Waals surface area contributed by atoms with E-state index in [1.165, 1.54) is 0 Å². The molecule has 0 saturated carbocycles. The third-order valence-electron chi connectivity index (χ3n) is 3.91. The zero-order chi connectivity index (χ0) is 15.9. The summed E-state index contributed by atoms with van der Waals surface area (Å²) in [5.74, 6) is 1.63. The Hall–Kier alpha value is -1.75. The van der Waals surface area contributed by atoms with Gasteiger partial charge in [0.15, 0.2) is 11.5 Å². The van der Waals surface area contributed by atoms with Gasteiger partial charge in [-0.25, -0.2) is 0 Å². The Balaban J connectivity index is 2.19. The number of hydrogen-bond donors (Lipinski definition) is 1. The van der Waals surface area contributed by atoms with E-state index in [1.54, 1.807) is 7.11 Å². The zero-order valence-corrected chi connectivity index (χ0v) is 13.7. The number of ether oxygens (including phenoxy) is 2. The van der Waals surface area contributed by atoms with Gasteiger partial charge in [-0.3, -0.25) is 9.69 Å². The molecule has 1 saturated heterocycles. The minimum atomic E-state index is 0.0878. The Labute approximate surface area is 132 Å². The maximum Gasteiger partial charge on any atom is 0.234 e. The van der Waals surface area contributed by atoms with Crippen molar-refractivity contribution in [2.75, 3.05) is 26.7 Å². The molecule has 0 bridgehead atoms. The average Bonchev–Trinajstić information content (AvgIpc) is 2.72. The summed E-state index contributed by atoms with van der Waals surface area (Å²) in [7, 11) is 1.65. The Morgan fingerprint density at radius 3 is 2.95 bits per heavy atom. The molecule has 1 aromatic carbocycles. The number of nitrogens with one attached hydrogen (secondary N) is 1. The number of para-hydroxylation sites is 1. The summed E-state index contributed by atoms with van der Waals surface area (Å²) in [4.78, 5) is 13.9. The lowest BCUT2D eigenvalue weighted by Gasteiger charge is -2.23. The van der Waals surface area contributed by atoms with Crippen LogP contribution in [0.25, 0.3) is 0 Å². The number of carbonyl (C=O) groups is 1. The molecule has 0 aliphatic carbocycles. The van der Waals surface area contributed by atoms with Gasteiger partial charge in [-0.2, -0.15) is 0 Å². The van der Waals surface area contributed by atoms with E-state index in [2.05, 4.69) is 24.1 Å². The van der Waals surface area contributed by atoms with E-state index in [9.17, 15) is 4.79 Å². The summed E-state index contributed by atoms with van der Waals surface area (Å²) in [6.45, 7) is 6.92. The van der Waals surface area contributed by atoms with Crippen LogP contribution in [-0.4, -0.2) is 43.7 Å². The Bertz CT molecular complexity index is 505. The van der Waals surface area contributed by atoms with Gasteiger partial charge in [0, 0.05) is 25.2 Å². The molecule has 1 atom stereocenters. The highest BCUT2D eigenvalue weighted by Gasteiger charge is 2.19. The van der Waals surface area contributed by atoms with Crippen LogP contribution in [0.3, 0.4) is 0 Å². The number of amides is 1. The van der Waals surface area contributed by atoms with Gasteiger partial charge < -0.3 is 14.8 Å². The van der Waals surface area contributed by atoms with E-state index >= 15 is 0 Å². The Morgan fingerprint density at radius 1 is 1.41 bits per heavy atom. The lowest BCUT2D eigenvalue weighted by Crippen LogP contribution is -2.32. The lowest BCUT2D eigenvalue weighted by atomic mass is 10.1. The molecule has 1 amide bonds. The van der Waals surface area contributed by atoms with Gasteiger partial charge in [-0.1, -0.05) is 19.1 Å². The number of nitrogens with zero attached hydrogens (tertiary/aromatic N) is 1. The first-order valence-corrected chi connectivity index (χ1v) is 7.95. The van der Waals surface area contributed by atoms with Crippen LogP contribution in [0.15, 0.2) is 18.2 Å². The third-order valence-corrected chi connectivity index (χ3v) is 3.91. The highest BCUT2D eigenvalue weighted by molar-refractivity contribution is 5.78. The molecule has 1 N–H and O–H groups in total. The summed E-state index contributed by atoms with van der Waals surface area (Å²) in [5, 5.41) is 2.90. The van der Waals surface area contributed by atoms with Gasteiger partial charge in [0.25, 0.3) is 0 Å². The highest BCUT2D eigenvalue weighted by Crippen LogP contribution is 2.33. The number of hydrogen-bond acceptors (Lipinski definition) is 4. The summed E-state index contributed by atoms with van der Waals surface area (Å²) < 4.78 is 11.5. The van der Waals surface area contributed by atoms with Crippen LogP contribution in [0.4, 0.5) is 0 Å². The molecule has 1 fully saturated rings. The summed E-state index contributed by atoms with van der Waals surface area (Å²) in [6.07, 6.45) is 2.03. The van der Waals surface area contributed by atoms with Gasteiger partial charge >= 0.3 is 0 Å². The van der Waals surface area contributed by atoms with Crippen LogP contribution in [0, 0.1) is 0 Å². The van der Waals surface area contributed by atoms with Gasteiger partial charge in [-0.05, 0) is 25.8 Å². The van der Waals surface area contributed by atoms with Gasteiger partial charge in [-0.15, -0.1) is 0 Å². The summed E-state index contributed by atoms with van der Waals surface area (Å²) in [6, 6.07) is 5.93. The van der Waals surface area contributed by atoms with E-state index in [0.717, 1.165) is 43.0 Å². The van der Waals surface area contributed by atoms with Crippen molar-refractivity contribution >= 4 is 5.91 Å². The molecule has 1 aromatic rings. The highest BCUT2D eigenvalue weighted by atomic mass is 16.5. The van der Waals surface area contributed by atoms with Gasteiger partial charge in [0.05, 0.1) is 19.8 Å². The first-order valence-electron chi connectivity index (χ1n) is 7.95. The van der Waals surface area contributed by atoms with Crippen molar-refractivity contribution in [1.82, 2.24) is 10.2 Å². The predicted molar refractivity (Wildman–Crippen MR) is 86.3 cm³/mol. The van der Waals surface area contributed by atoms with E-state index in [1.807, 2.05) is 18.2 Å². The monoisotopic (exact) mass is 306 g/mol. The van der Waals surface area contributed by atoms with Crippen molar-refractivity contribution < 1.29 is 14.3 Å². The molecule has 1 aliphatic heterocycles. The van der Waals surface area contributed by atoms with Crippen LogP contribution in [0.1, 0.15) is 32.3 Å². The second kappa shape index (κ2) is 8.03. The number of methoxy groups -OCH3 is 1. The second-order valence-corrected chi connectivity index (χ2v) is 5.70. The lowest BCUT2D eigenvalue weighted by molar-refractivity contribution is -0.121. The molecule has 0 radical (unpaired) electrons. The Morgan fingerprint density at radius 2 is 2.23 bits per heavy atom. The molecule has 1 heterocycles. The van der Waals surface area contributed by atoms with Crippen molar-refractivity contribution in [2.24, 2.45) is 0 Å². The minimum Gasteiger partial charge on any atom is -0.493 e. The second-order valence-electron chi connectivity index (χ2n) is 5.70. The Kier molecular flexibility index (Phi) is 6.07. The molecular weight excluding hydrogens is 280 g/mol. The van der Waals surface area contributed by atoms with Crippen molar-refractivity contribution in [3.05, 3.63) is 23.8 Å². The van der Waals surface area contributed by atoms with E-state index in [0.29, 0.717) is 13.1 Å². The fraction of sp³-hybridized carbons (Fsp3) is 0.588. The van der Waals surface area contributed by atoms with E-state index in [-0.39, 0.29) is 12.0 Å². The van der Waals surface area contributed by atoms with Gasteiger partial charge in [0.1, 0.15) is 0 Å². The third kappa shape index (κ3) is 4.37. The molecule has 122 valence electrons. The van der Waals surface area contributed by atoms with E-state index in [4.69, 9.17) is 9.47 Å². The fourth-order valence-electron chi connectivity index (χ4n) is 2.51. The van der Waals surface area contributed by atoms with Crippen LogP contribution >= 0.6 is 0 Å². The van der Waals surface area contributed by atoms with Gasteiger partial charge in [0.2, 0.25) is 5.91 Å². The first-order chi connectivity index (χ1) is 10.6. The van der Waals surface area contributed by atoms with Crippen molar-refractivity contribution in [1.29, 1.82) is 0 Å². The summed E-state index contributed by atoms with van der Waals surface area (Å²) in [5.41, 5.74) is 1.06.